The molecule has 1 heterocycles. The Labute approximate surface area is 104 Å². The molecule has 0 radical (unpaired) electrons. The second-order valence-corrected chi connectivity index (χ2v) is 5.81. The number of hydrogen-bond donors (Lipinski definition) is 1. The Bertz CT molecular complexity index is 411. The van der Waals surface area contributed by atoms with Crippen molar-refractivity contribution < 1.29 is 5.11 Å². The van der Waals surface area contributed by atoms with Crippen LogP contribution in [0.3, 0.4) is 0 Å². The van der Waals surface area contributed by atoms with Gasteiger partial charge in [-0.15, -0.1) is 0 Å². The number of aliphatic hydroxyl groups is 1. The summed E-state index contributed by atoms with van der Waals surface area (Å²) < 4.78 is 0. The highest BCUT2D eigenvalue weighted by atomic mass is 16.3. The molecule has 1 N–H and O–H groups in total. The van der Waals surface area contributed by atoms with Gasteiger partial charge in [0.25, 0.3) is 0 Å². The van der Waals surface area contributed by atoms with Crippen molar-refractivity contribution in [2.24, 2.45) is 0 Å². The van der Waals surface area contributed by atoms with E-state index in [-0.39, 0.29) is 11.6 Å². The molecule has 0 bridgehead atoms. The van der Waals surface area contributed by atoms with Crippen LogP contribution in [-0.2, 0) is 6.54 Å². The normalized spacial score (nSPS) is 24.2. The van der Waals surface area contributed by atoms with Gasteiger partial charge in [-0.05, 0) is 45.2 Å². The molecule has 0 aliphatic carbocycles. The van der Waals surface area contributed by atoms with E-state index in [9.17, 15) is 5.11 Å². The van der Waals surface area contributed by atoms with Crippen LogP contribution in [0.5, 0.6) is 0 Å². The SMILES string of the molecule is Cc1ccc(CN2CCC(O)C2(C)C)c(C)c1. The second kappa shape index (κ2) is 4.43. The lowest BCUT2D eigenvalue weighted by Gasteiger charge is -2.34. The fourth-order valence-electron chi connectivity index (χ4n) is 2.64. The van der Waals surface area contributed by atoms with Crippen LogP contribution in [0.1, 0.15) is 37.0 Å². The van der Waals surface area contributed by atoms with E-state index in [1.807, 2.05) is 0 Å². The summed E-state index contributed by atoms with van der Waals surface area (Å²) in [6.07, 6.45) is 0.686. The second-order valence-electron chi connectivity index (χ2n) is 5.81. The van der Waals surface area contributed by atoms with Crippen LogP contribution in [0, 0.1) is 13.8 Å². The number of hydrogen-bond acceptors (Lipinski definition) is 2. The molecular formula is C15H23NO. The Morgan fingerprint density at radius 1 is 1.35 bits per heavy atom. The molecule has 1 atom stereocenters. The van der Waals surface area contributed by atoms with Crippen LogP contribution in [0.25, 0.3) is 0 Å². The van der Waals surface area contributed by atoms with Crippen molar-refractivity contribution in [1.29, 1.82) is 0 Å². The third-order valence-corrected chi connectivity index (χ3v) is 4.16. The predicted octanol–water partition coefficient (Wildman–Crippen LogP) is 2.65. The smallest absolute Gasteiger partial charge is 0.0730 e. The zero-order chi connectivity index (χ0) is 12.6. The van der Waals surface area contributed by atoms with Gasteiger partial charge in [0, 0.05) is 18.6 Å². The molecule has 0 saturated carbocycles. The van der Waals surface area contributed by atoms with Crippen LogP contribution < -0.4 is 0 Å². The van der Waals surface area contributed by atoms with E-state index in [2.05, 4.69) is 50.8 Å². The first-order chi connectivity index (χ1) is 7.91. The Morgan fingerprint density at radius 3 is 2.59 bits per heavy atom. The largest absolute Gasteiger partial charge is 0.391 e. The Balaban J connectivity index is 2.16. The molecule has 0 aromatic heterocycles. The fourth-order valence-corrected chi connectivity index (χ4v) is 2.64. The van der Waals surface area contributed by atoms with E-state index >= 15 is 0 Å². The minimum Gasteiger partial charge on any atom is -0.391 e. The van der Waals surface area contributed by atoms with Crippen LogP contribution in [0.4, 0.5) is 0 Å². The predicted molar refractivity (Wildman–Crippen MR) is 71.0 cm³/mol. The molecule has 0 amide bonds. The average molecular weight is 233 g/mol. The molecule has 2 nitrogen and oxygen atoms in total. The quantitative estimate of drug-likeness (QED) is 0.849. The number of aliphatic hydroxyl groups excluding tert-OH is 1. The Hall–Kier alpha value is -0.860. The maximum atomic E-state index is 9.98. The van der Waals surface area contributed by atoms with Gasteiger partial charge in [-0.3, -0.25) is 4.90 Å². The summed E-state index contributed by atoms with van der Waals surface area (Å²) in [5.41, 5.74) is 3.93. The maximum absolute atomic E-state index is 9.98. The van der Waals surface area contributed by atoms with Crippen LogP contribution in [-0.4, -0.2) is 28.2 Å². The van der Waals surface area contributed by atoms with Gasteiger partial charge in [-0.2, -0.15) is 0 Å². The number of aryl methyl sites for hydroxylation is 2. The van der Waals surface area contributed by atoms with Crippen molar-refractivity contribution in [2.75, 3.05) is 6.54 Å². The summed E-state index contributed by atoms with van der Waals surface area (Å²) in [5.74, 6) is 0. The first kappa shape index (κ1) is 12.6. The molecule has 2 rings (SSSR count). The molecule has 2 heteroatoms. The molecule has 1 saturated heterocycles. The van der Waals surface area contributed by atoms with Crippen molar-refractivity contribution in [3.05, 3.63) is 34.9 Å². The zero-order valence-corrected chi connectivity index (χ0v) is 11.3. The highest BCUT2D eigenvalue weighted by Crippen LogP contribution is 2.30. The molecule has 1 aromatic carbocycles. The minimum atomic E-state index is -0.201. The summed E-state index contributed by atoms with van der Waals surface area (Å²) >= 11 is 0. The monoisotopic (exact) mass is 233 g/mol. The van der Waals surface area contributed by atoms with E-state index in [0.717, 1.165) is 19.5 Å². The van der Waals surface area contributed by atoms with Gasteiger partial charge in [0.05, 0.1) is 6.10 Å². The molecule has 17 heavy (non-hydrogen) atoms. The van der Waals surface area contributed by atoms with Crippen LogP contribution >= 0.6 is 0 Å². The summed E-state index contributed by atoms with van der Waals surface area (Å²) in [6.45, 7) is 10.5. The maximum Gasteiger partial charge on any atom is 0.0730 e. The van der Waals surface area contributed by atoms with Crippen molar-refractivity contribution in [3.8, 4) is 0 Å². The van der Waals surface area contributed by atoms with E-state index in [1.165, 1.54) is 16.7 Å². The summed E-state index contributed by atoms with van der Waals surface area (Å²) in [5, 5.41) is 9.98. The lowest BCUT2D eigenvalue weighted by atomic mass is 9.97. The van der Waals surface area contributed by atoms with Crippen molar-refractivity contribution in [2.45, 2.75) is 52.3 Å². The summed E-state index contributed by atoms with van der Waals surface area (Å²) in [6, 6.07) is 6.61. The molecule has 1 aromatic rings. The standard InChI is InChI=1S/C15H23NO/c1-11-5-6-13(12(2)9-11)10-16-8-7-14(17)15(16,3)4/h5-6,9,14,17H,7-8,10H2,1-4H3. The fraction of sp³-hybridized carbons (Fsp3) is 0.600. The molecular weight excluding hydrogens is 210 g/mol. The minimum absolute atomic E-state index is 0.0999. The van der Waals surface area contributed by atoms with Crippen molar-refractivity contribution in [3.63, 3.8) is 0 Å². The molecule has 1 fully saturated rings. The molecule has 1 aliphatic rings. The lowest BCUT2D eigenvalue weighted by Crippen LogP contribution is -2.44. The first-order valence-electron chi connectivity index (χ1n) is 6.40. The zero-order valence-electron chi connectivity index (χ0n) is 11.3. The number of benzene rings is 1. The van der Waals surface area contributed by atoms with Crippen LogP contribution in [0.2, 0.25) is 0 Å². The molecule has 94 valence electrons. The van der Waals surface area contributed by atoms with E-state index in [0.29, 0.717) is 0 Å². The lowest BCUT2D eigenvalue weighted by molar-refractivity contribution is 0.0505. The third-order valence-electron chi connectivity index (χ3n) is 4.16. The molecule has 1 aliphatic heterocycles. The van der Waals surface area contributed by atoms with Crippen molar-refractivity contribution in [1.82, 2.24) is 4.90 Å². The number of nitrogens with zero attached hydrogens (tertiary/aromatic N) is 1. The van der Waals surface area contributed by atoms with Gasteiger partial charge >= 0.3 is 0 Å². The van der Waals surface area contributed by atoms with Gasteiger partial charge in [-0.25, -0.2) is 0 Å². The third kappa shape index (κ3) is 2.38. The summed E-state index contributed by atoms with van der Waals surface area (Å²) in [4.78, 5) is 2.38. The number of rotatable bonds is 2. The van der Waals surface area contributed by atoms with Crippen molar-refractivity contribution >= 4 is 0 Å². The number of likely N-dealkylation sites (tertiary alicyclic amines) is 1. The van der Waals surface area contributed by atoms with Gasteiger partial charge in [0.15, 0.2) is 0 Å². The van der Waals surface area contributed by atoms with Gasteiger partial charge < -0.3 is 5.11 Å². The van der Waals surface area contributed by atoms with E-state index in [4.69, 9.17) is 0 Å². The highest BCUT2D eigenvalue weighted by molar-refractivity contribution is 5.30. The topological polar surface area (TPSA) is 23.5 Å². The molecule has 0 spiro atoms. The van der Waals surface area contributed by atoms with Gasteiger partial charge in [0.1, 0.15) is 0 Å². The Morgan fingerprint density at radius 2 is 2.06 bits per heavy atom. The van der Waals surface area contributed by atoms with Crippen LogP contribution in [0.15, 0.2) is 18.2 Å². The Kier molecular flexibility index (Phi) is 3.28. The van der Waals surface area contributed by atoms with E-state index in [1.54, 1.807) is 0 Å². The van der Waals surface area contributed by atoms with E-state index < -0.39 is 0 Å². The average Bonchev–Trinajstić information content (AvgIpc) is 2.48. The van der Waals surface area contributed by atoms with Gasteiger partial charge in [0.2, 0.25) is 0 Å². The molecule has 1 unspecified atom stereocenters. The highest BCUT2D eigenvalue weighted by Gasteiger charge is 2.39. The first-order valence-corrected chi connectivity index (χ1v) is 6.40. The van der Waals surface area contributed by atoms with Gasteiger partial charge in [-0.1, -0.05) is 23.8 Å². The summed E-state index contributed by atoms with van der Waals surface area (Å²) in [7, 11) is 0.